The number of anilines is 3. The van der Waals surface area contributed by atoms with E-state index in [0.29, 0.717) is 25.9 Å². The molecule has 3 rings (SSSR count). The molecule has 0 aliphatic rings. The summed E-state index contributed by atoms with van der Waals surface area (Å²) in [6.45, 7) is 0. The molecule has 0 saturated carbocycles. The minimum absolute atomic E-state index is 0.0517. The van der Waals surface area contributed by atoms with Crippen molar-refractivity contribution in [2.24, 2.45) is 11.5 Å². The highest BCUT2D eigenvalue weighted by molar-refractivity contribution is 9.11. The van der Waals surface area contributed by atoms with E-state index in [1.165, 1.54) is 29.2 Å². The molecule has 0 saturated heterocycles. The topological polar surface area (TPSA) is 142 Å². The number of carbonyl (C=O) groups excluding carboxylic acids is 3. The number of nitrogens with one attached hydrogen (secondary N) is 1. The molecule has 11 heteroatoms. The highest BCUT2D eigenvalue weighted by atomic mass is 79.9. The number of nitrogens with zero attached hydrogens (tertiary/aromatic N) is 2. The Kier molecular flexibility index (Phi) is 7.92. The van der Waals surface area contributed by atoms with Crippen LogP contribution in [0.2, 0.25) is 0 Å². The van der Waals surface area contributed by atoms with Gasteiger partial charge in [0.25, 0.3) is 0 Å². The maximum atomic E-state index is 13.9. The highest BCUT2D eigenvalue weighted by Crippen LogP contribution is 2.38. The lowest BCUT2D eigenvalue weighted by molar-refractivity contribution is -0.113. The van der Waals surface area contributed by atoms with E-state index in [1.807, 2.05) is 0 Å². The number of urea groups is 2. The van der Waals surface area contributed by atoms with Crippen molar-refractivity contribution < 1.29 is 19.5 Å². The minimum atomic E-state index is -1.02. The van der Waals surface area contributed by atoms with Crippen LogP contribution in [0.15, 0.2) is 81.8 Å². The predicted molar refractivity (Wildman–Crippen MR) is 137 cm³/mol. The van der Waals surface area contributed by atoms with Gasteiger partial charge in [-0.1, -0.05) is 30.3 Å². The maximum absolute atomic E-state index is 13.9. The average molecular weight is 589 g/mol. The second kappa shape index (κ2) is 10.9. The van der Waals surface area contributed by atoms with Gasteiger partial charge in [-0.3, -0.25) is 9.69 Å². The molecule has 3 aromatic carbocycles. The Morgan fingerprint density at radius 2 is 1.41 bits per heavy atom. The molecule has 0 aliphatic heterocycles. The highest BCUT2D eigenvalue weighted by Gasteiger charge is 2.30. The molecule has 34 heavy (non-hydrogen) atoms. The van der Waals surface area contributed by atoms with Crippen LogP contribution in [-0.4, -0.2) is 23.1 Å². The zero-order chi connectivity index (χ0) is 24.8. The van der Waals surface area contributed by atoms with E-state index in [0.717, 1.165) is 11.1 Å². The van der Waals surface area contributed by atoms with Crippen LogP contribution in [-0.2, 0) is 4.79 Å². The SMILES string of the molecule is NC(=O)/C=C/c1ccc(N(NC(N)=O)C(=O)N(c2ccccc2Br)c2ccccc2Br)c(O)c1. The molecule has 0 radical (unpaired) electrons. The van der Waals surface area contributed by atoms with Crippen molar-refractivity contribution >= 4 is 73.0 Å². The van der Waals surface area contributed by atoms with Gasteiger partial charge in [-0.05, 0) is 79.9 Å². The molecule has 9 nitrogen and oxygen atoms in total. The van der Waals surface area contributed by atoms with Gasteiger partial charge in [-0.2, -0.15) is 5.01 Å². The number of halogens is 2. The van der Waals surface area contributed by atoms with E-state index in [9.17, 15) is 19.5 Å². The van der Waals surface area contributed by atoms with Gasteiger partial charge < -0.3 is 16.6 Å². The Balaban J connectivity index is 2.14. The van der Waals surface area contributed by atoms with Crippen molar-refractivity contribution in [3.8, 4) is 5.75 Å². The van der Waals surface area contributed by atoms with Crippen molar-refractivity contribution in [3.63, 3.8) is 0 Å². The molecule has 174 valence electrons. The van der Waals surface area contributed by atoms with E-state index in [1.54, 1.807) is 48.5 Å². The van der Waals surface area contributed by atoms with E-state index in [4.69, 9.17) is 11.5 Å². The fourth-order valence-corrected chi connectivity index (χ4v) is 3.96. The van der Waals surface area contributed by atoms with Crippen LogP contribution in [0.5, 0.6) is 5.75 Å². The number of carbonyl (C=O) groups is 3. The Labute approximate surface area is 211 Å². The average Bonchev–Trinajstić information content (AvgIpc) is 2.79. The number of benzene rings is 3. The first-order valence-corrected chi connectivity index (χ1v) is 11.3. The van der Waals surface area contributed by atoms with Crippen molar-refractivity contribution in [3.05, 3.63) is 87.3 Å². The summed E-state index contributed by atoms with van der Waals surface area (Å²) in [4.78, 5) is 38.0. The summed E-state index contributed by atoms with van der Waals surface area (Å²) in [6, 6.07) is 16.5. The number of hydrogen-bond acceptors (Lipinski definition) is 4. The zero-order valence-electron chi connectivity index (χ0n) is 17.5. The molecular weight excluding hydrogens is 570 g/mol. The summed E-state index contributed by atoms with van der Waals surface area (Å²) in [5.41, 5.74) is 14.0. The fraction of sp³-hybridized carbons (Fsp3) is 0. The third kappa shape index (κ3) is 5.74. The number of primary amides is 2. The number of hydrazine groups is 1. The third-order valence-electron chi connectivity index (χ3n) is 4.47. The molecule has 0 atom stereocenters. The number of rotatable bonds is 5. The largest absolute Gasteiger partial charge is 0.506 e. The van der Waals surface area contributed by atoms with Crippen LogP contribution in [0.1, 0.15) is 5.56 Å². The van der Waals surface area contributed by atoms with Crippen LogP contribution in [0.4, 0.5) is 26.7 Å². The standard InChI is InChI=1S/C23H19Br2N5O4/c24-15-5-1-3-7-17(15)29(18-8-4-2-6-16(18)25)23(34)30(28-22(27)33)19-11-9-14(13-20(19)31)10-12-21(26)32/h1-13,31H,(H2,26,32)(H3,27,28,33)/b12-10+. The molecule has 5 amide bonds. The van der Waals surface area contributed by atoms with Gasteiger partial charge in [0.2, 0.25) is 5.91 Å². The molecule has 0 spiro atoms. The van der Waals surface area contributed by atoms with Gasteiger partial charge in [-0.25, -0.2) is 15.0 Å². The molecule has 0 fully saturated rings. The number of hydrogen-bond donors (Lipinski definition) is 4. The lowest BCUT2D eigenvalue weighted by atomic mass is 10.1. The Hall–Kier alpha value is -3.83. The number of phenols is 1. The quantitative estimate of drug-likeness (QED) is 0.252. The molecule has 0 unspecified atom stereocenters. The van der Waals surface area contributed by atoms with Crippen molar-refractivity contribution in [2.75, 3.05) is 9.91 Å². The van der Waals surface area contributed by atoms with Crippen LogP contribution < -0.4 is 26.8 Å². The first kappa shape index (κ1) is 24.8. The molecular formula is C23H19Br2N5O4. The van der Waals surface area contributed by atoms with Crippen LogP contribution in [0.3, 0.4) is 0 Å². The third-order valence-corrected chi connectivity index (χ3v) is 5.81. The van der Waals surface area contributed by atoms with Gasteiger partial charge in [0, 0.05) is 15.0 Å². The Morgan fingerprint density at radius 3 is 1.88 bits per heavy atom. The summed E-state index contributed by atoms with van der Waals surface area (Å²) < 4.78 is 1.21. The first-order chi connectivity index (χ1) is 16.2. The zero-order valence-corrected chi connectivity index (χ0v) is 20.7. The number of phenolic OH excluding ortho intramolecular Hbond substituents is 1. The first-order valence-electron chi connectivity index (χ1n) is 9.69. The number of aromatic hydroxyl groups is 1. The van der Waals surface area contributed by atoms with E-state index in [2.05, 4.69) is 37.3 Å². The molecule has 3 aromatic rings. The fourth-order valence-electron chi connectivity index (χ4n) is 3.03. The molecule has 0 heterocycles. The van der Waals surface area contributed by atoms with Gasteiger partial charge in [0.05, 0.1) is 11.4 Å². The minimum Gasteiger partial charge on any atom is -0.506 e. The van der Waals surface area contributed by atoms with Gasteiger partial charge in [0.1, 0.15) is 11.4 Å². The summed E-state index contributed by atoms with van der Waals surface area (Å²) in [7, 11) is 0. The molecule has 0 bridgehead atoms. The van der Waals surface area contributed by atoms with E-state index < -0.39 is 18.0 Å². The van der Waals surface area contributed by atoms with Crippen LogP contribution >= 0.6 is 31.9 Å². The summed E-state index contributed by atoms with van der Waals surface area (Å²) in [5, 5.41) is 11.5. The molecule has 0 aromatic heterocycles. The van der Waals surface area contributed by atoms with Gasteiger partial charge in [0.15, 0.2) is 0 Å². The van der Waals surface area contributed by atoms with Gasteiger partial charge >= 0.3 is 12.1 Å². The lowest BCUT2D eigenvalue weighted by Gasteiger charge is -2.31. The second-order valence-electron chi connectivity index (χ2n) is 6.82. The number of nitrogens with two attached hydrogens (primary N) is 2. The predicted octanol–water partition coefficient (Wildman–Crippen LogP) is 4.76. The maximum Gasteiger partial charge on any atom is 0.352 e. The second-order valence-corrected chi connectivity index (χ2v) is 8.52. The summed E-state index contributed by atoms with van der Waals surface area (Å²) in [6.07, 6.45) is 2.52. The van der Waals surface area contributed by atoms with Crippen LogP contribution in [0.25, 0.3) is 6.08 Å². The van der Waals surface area contributed by atoms with Crippen LogP contribution in [0, 0.1) is 0 Å². The lowest BCUT2D eigenvalue weighted by Crippen LogP contribution is -2.53. The van der Waals surface area contributed by atoms with Gasteiger partial charge in [-0.15, -0.1) is 0 Å². The van der Waals surface area contributed by atoms with Crippen molar-refractivity contribution in [1.82, 2.24) is 5.43 Å². The normalized spacial score (nSPS) is 10.6. The van der Waals surface area contributed by atoms with E-state index >= 15 is 0 Å². The monoisotopic (exact) mass is 587 g/mol. The Bertz CT molecular complexity index is 1240. The Morgan fingerprint density at radius 1 is 0.853 bits per heavy atom. The van der Waals surface area contributed by atoms with E-state index in [-0.39, 0.29) is 11.4 Å². The number of para-hydroxylation sites is 2. The molecule has 6 N–H and O–H groups in total. The van der Waals surface area contributed by atoms with Crippen molar-refractivity contribution in [1.29, 1.82) is 0 Å². The number of amides is 5. The smallest absolute Gasteiger partial charge is 0.352 e. The van der Waals surface area contributed by atoms with Crippen molar-refractivity contribution in [2.45, 2.75) is 0 Å². The molecule has 0 aliphatic carbocycles. The summed E-state index contributed by atoms with van der Waals surface area (Å²) >= 11 is 6.92. The summed E-state index contributed by atoms with van der Waals surface area (Å²) in [5.74, 6) is -1.01.